The molecule has 0 radical (unpaired) electrons. The van der Waals surface area contributed by atoms with Crippen LogP contribution >= 0.6 is 0 Å². The molecule has 0 saturated carbocycles. The van der Waals surface area contributed by atoms with Crippen molar-refractivity contribution in [2.75, 3.05) is 6.61 Å². The molecule has 2 nitrogen and oxygen atoms in total. The number of hydrogen-bond acceptors (Lipinski definition) is 2. The molecule has 1 aliphatic carbocycles. The molecule has 0 spiro atoms. The third-order valence-corrected chi connectivity index (χ3v) is 6.37. The minimum atomic E-state index is 0.418. The van der Waals surface area contributed by atoms with Gasteiger partial charge >= 0.3 is 0 Å². The fourth-order valence-electron chi connectivity index (χ4n) is 4.37. The molecular weight excluding hydrogens is 308 g/mol. The standard InChI is InChI=1S/C23H34O2/c1-5-6-7-8-16(3)17(4)19-12-21(24)23-20-11-15(2)9-10-18(20)14-25-22(23)13-19/h12-13,15-17,24H,5-11,14H2,1-4H3. The second-order valence-corrected chi connectivity index (χ2v) is 8.39. The Hall–Kier alpha value is -1.44. The van der Waals surface area contributed by atoms with E-state index in [1.165, 1.54) is 48.8 Å². The van der Waals surface area contributed by atoms with Crippen molar-refractivity contribution in [3.8, 4) is 11.5 Å². The van der Waals surface area contributed by atoms with E-state index < -0.39 is 0 Å². The van der Waals surface area contributed by atoms with Gasteiger partial charge in [-0.1, -0.05) is 53.4 Å². The number of allylic oxidation sites excluding steroid dienone is 1. The minimum absolute atomic E-state index is 0.418. The first-order chi connectivity index (χ1) is 12.0. The van der Waals surface area contributed by atoms with Crippen molar-refractivity contribution in [1.82, 2.24) is 0 Å². The molecule has 25 heavy (non-hydrogen) atoms. The van der Waals surface area contributed by atoms with Crippen molar-refractivity contribution in [1.29, 1.82) is 0 Å². The Morgan fingerprint density at radius 2 is 2.04 bits per heavy atom. The van der Waals surface area contributed by atoms with Crippen LogP contribution in [0.5, 0.6) is 11.5 Å². The van der Waals surface area contributed by atoms with Gasteiger partial charge in [-0.2, -0.15) is 0 Å². The minimum Gasteiger partial charge on any atom is -0.507 e. The predicted molar refractivity (Wildman–Crippen MR) is 105 cm³/mol. The van der Waals surface area contributed by atoms with Gasteiger partial charge in [0.1, 0.15) is 18.1 Å². The molecule has 1 aromatic rings. The van der Waals surface area contributed by atoms with E-state index in [2.05, 4.69) is 33.8 Å². The first kappa shape index (κ1) is 18.4. The zero-order valence-corrected chi connectivity index (χ0v) is 16.4. The molecule has 3 unspecified atom stereocenters. The van der Waals surface area contributed by atoms with E-state index in [1.54, 1.807) is 0 Å². The zero-order valence-electron chi connectivity index (χ0n) is 16.4. The highest BCUT2D eigenvalue weighted by atomic mass is 16.5. The van der Waals surface area contributed by atoms with E-state index in [9.17, 15) is 5.11 Å². The molecule has 0 fully saturated rings. The summed E-state index contributed by atoms with van der Waals surface area (Å²) < 4.78 is 6.06. The van der Waals surface area contributed by atoms with Gasteiger partial charge in [-0.15, -0.1) is 0 Å². The summed E-state index contributed by atoms with van der Waals surface area (Å²) in [5, 5.41) is 10.8. The number of phenolic OH excluding ortho intramolecular Hbond substituents is 1. The summed E-state index contributed by atoms with van der Waals surface area (Å²) in [6, 6.07) is 4.19. The summed E-state index contributed by atoms with van der Waals surface area (Å²) >= 11 is 0. The van der Waals surface area contributed by atoms with E-state index >= 15 is 0 Å². The van der Waals surface area contributed by atoms with Crippen LogP contribution in [0.1, 0.15) is 89.7 Å². The molecule has 3 rings (SSSR count). The number of fused-ring (bicyclic) bond motifs is 2. The Morgan fingerprint density at radius 1 is 1.24 bits per heavy atom. The van der Waals surface area contributed by atoms with Crippen molar-refractivity contribution in [3.63, 3.8) is 0 Å². The molecule has 1 heterocycles. The number of aromatic hydroxyl groups is 1. The van der Waals surface area contributed by atoms with E-state index in [0.29, 0.717) is 30.1 Å². The van der Waals surface area contributed by atoms with Gasteiger partial charge in [0.25, 0.3) is 0 Å². The summed E-state index contributed by atoms with van der Waals surface area (Å²) in [7, 11) is 0. The summed E-state index contributed by atoms with van der Waals surface area (Å²) in [5.41, 5.74) is 4.94. The van der Waals surface area contributed by atoms with Gasteiger partial charge in [0.15, 0.2) is 0 Å². The molecule has 0 saturated heterocycles. The predicted octanol–water partition coefficient (Wildman–Crippen LogP) is 6.68. The van der Waals surface area contributed by atoms with E-state index in [0.717, 1.165) is 24.2 Å². The van der Waals surface area contributed by atoms with Crippen molar-refractivity contribution >= 4 is 5.57 Å². The fourth-order valence-corrected chi connectivity index (χ4v) is 4.37. The van der Waals surface area contributed by atoms with Gasteiger partial charge in [0.05, 0.1) is 5.56 Å². The molecule has 0 aromatic heterocycles. The second kappa shape index (κ2) is 7.85. The Labute approximate surface area is 153 Å². The fraction of sp³-hybridized carbons (Fsp3) is 0.652. The van der Waals surface area contributed by atoms with Crippen molar-refractivity contribution in [2.24, 2.45) is 11.8 Å². The van der Waals surface area contributed by atoms with Gasteiger partial charge in [-0.3, -0.25) is 0 Å². The van der Waals surface area contributed by atoms with Crippen LogP contribution in [0, 0.1) is 11.8 Å². The Bertz CT molecular complexity index is 644. The molecule has 2 aliphatic rings. The van der Waals surface area contributed by atoms with Crippen molar-refractivity contribution < 1.29 is 9.84 Å². The molecular formula is C23H34O2. The molecule has 0 amide bonds. The quantitative estimate of drug-likeness (QED) is 0.584. The lowest BCUT2D eigenvalue weighted by Gasteiger charge is -2.32. The lowest BCUT2D eigenvalue weighted by molar-refractivity contribution is 0.324. The molecule has 1 aliphatic heterocycles. The first-order valence-electron chi connectivity index (χ1n) is 10.2. The van der Waals surface area contributed by atoms with Crippen LogP contribution in [0.15, 0.2) is 17.7 Å². The van der Waals surface area contributed by atoms with Crippen LogP contribution in [0.2, 0.25) is 0 Å². The third kappa shape index (κ3) is 3.88. The molecule has 1 aromatic carbocycles. The number of unbranched alkanes of at least 4 members (excludes halogenated alkanes) is 2. The van der Waals surface area contributed by atoms with Crippen molar-refractivity contribution in [2.45, 2.75) is 78.6 Å². The molecule has 0 bridgehead atoms. The number of hydrogen-bond donors (Lipinski definition) is 1. The highest BCUT2D eigenvalue weighted by Crippen LogP contribution is 2.47. The van der Waals surface area contributed by atoms with Crippen LogP contribution in [-0.2, 0) is 0 Å². The average molecular weight is 343 g/mol. The second-order valence-electron chi connectivity index (χ2n) is 8.39. The van der Waals surface area contributed by atoms with Gasteiger partial charge < -0.3 is 9.84 Å². The summed E-state index contributed by atoms with van der Waals surface area (Å²) in [4.78, 5) is 0. The smallest absolute Gasteiger partial charge is 0.131 e. The number of ether oxygens (including phenoxy) is 1. The first-order valence-corrected chi connectivity index (χ1v) is 10.2. The third-order valence-electron chi connectivity index (χ3n) is 6.37. The number of rotatable bonds is 6. The topological polar surface area (TPSA) is 29.5 Å². The lowest BCUT2D eigenvalue weighted by atomic mass is 9.79. The highest BCUT2D eigenvalue weighted by Gasteiger charge is 2.29. The van der Waals surface area contributed by atoms with Gasteiger partial charge in [0.2, 0.25) is 0 Å². The number of benzene rings is 1. The summed E-state index contributed by atoms with van der Waals surface area (Å²) in [5.74, 6) is 3.08. The highest BCUT2D eigenvalue weighted by molar-refractivity contribution is 5.80. The van der Waals surface area contributed by atoms with E-state index in [1.807, 2.05) is 6.07 Å². The van der Waals surface area contributed by atoms with E-state index in [-0.39, 0.29) is 0 Å². The van der Waals surface area contributed by atoms with Gasteiger partial charge in [-0.25, -0.2) is 0 Å². The maximum absolute atomic E-state index is 10.8. The summed E-state index contributed by atoms with van der Waals surface area (Å²) in [6.07, 6.45) is 8.55. The molecule has 2 heteroatoms. The maximum Gasteiger partial charge on any atom is 0.131 e. The van der Waals surface area contributed by atoms with Crippen LogP contribution in [0.4, 0.5) is 0 Å². The average Bonchev–Trinajstić information content (AvgIpc) is 2.60. The SMILES string of the molecule is CCCCCC(C)C(C)c1cc(O)c2c(c1)OCC1=C2CC(C)CC1. The van der Waals surface area contributed by atoms with Crippen LogP contribution < -0.4 is 4.74 Å². The van der Waals surface area contributed by atoms with Crippen LogP contribution in [-0.4, -0.2) is 11.7 Å². The van der Waals surface area contributed by atoms with E-state index in [4.69, 9.17) is 4.74 Å². The Balaban J connectivity index is 1.84. The largest absolute Gasteiger partial charge is 0.507 e. The molecule has 138 valence electrons. The van der Waals surface area contributed by atoms with Crippen molar-refractivity contribution in [3.05, 3.63) is 28.8 Å². The Morgan fingerprint density at radius 3 is 2.80 bits per heavy atom. The Kier molecular flexibility index (Phi) is 5.76. The number of phenols is 1. The van der Waals surface area contributed by atoms with Crippen LogP contribution in [0.25, 0.3) is 5.57 Å². The maximum atomic E-state index is 10.8. The summed E-state index contributed by atoms with van der Waals surface area (Å²) in [6.45, 7) is 9.89. The zero-order chi connectivity index (χ0) is 18.0. The molecule has 1 N–H and O–H groups in total. The normalized spacial score (nSPS) is 22.0. The van der Waals surface area contributed by atoms with Crippen LogP contribution in [0.3, 0.4) is 0 Å². The van der Waals surface area contributed by atoms with Gasteiger partial charge in [0, 0.05) is 0 Å². The lowest BCUT2D eigenvalue weighted by Crippen LogP contribution is -2.18. The monoisotopic (exact) mass is 342 g/mol. The molecule has 3 atom stereocenters. The van der Waals surface area contributed by atoms with Gasteiger partial charge in [-0.05, 0) is 65.9 Å².